The van der Waals surface area contributed by atoms with Crippen LogP contribution < -0.4 is 0 Å². The van der Waals surface area contributed by atoms with Crippen LogP contribution in [0.2, 0.25) is 0 Å². The molecule has 0 aromatic heterocycles. The Hall–Kier alpha value is -1.59. The molecule has 0 radical (unpaired) electrons. The van der Waals surface area contributed by atoms with Gasteiger partial charge < -0.3 is 4.74 Å². The SMILES string of the molecule is C#CC(=O)CCC[C@@H](C)CCOCc1ccccc1. The molecule has 2 nitrogen and oxygen atoms in total. The lowest BCUT2D eigenvalue weighted by molar-refractivity contribution is -0.113. The van der Waals surface area contributed by atoms with Gasteiger partial charge in [-0.25, -0.2) is 0 Å². The van der Waals surface area contributed by atoms with Crippen LogP contribution in [0.4, 0.5) is 0 Å². The van der Waals surface area contributed by atoms with Crippen molar-refractivity contribution in [2.45, 2.75) is 39.2 Å². The smallest absolute Gasteiger partial charge is 0.205 e. The molecule has 0 aliphatic heterocycles. The van der Waals surface area contributed by atoms with Crippen LogP contribution in [-0.4, -0.2) is 12.4 Å². The van der Waals surface area contributed by atoms with Crippen molar-refractivity contribution in [2.24, 2.45) is 5.92 Å². The average molecular weight is 258 g/mol. The summed E-state index contributed by atoms with van der Waals surface area (Å²) < 4.78 is 5.64. The van der Waals surface area contributed by atoms with Crippen molar-refractivity contribution >= 4 is 5.78 Å². The lowest BCUT2D eigenvalue weighted by atomic mass is 10.0. The number of carbonyl (C=O) groups excluding carboxylic acids is 1. The van der Waals surface area contributed by atoms with Crippen molar-refractivity contribution in [2.75, 3.05) is 6.61 Å². The van der Waals surface area contributed by atoms with E-state index < -0.39 is 0 Å². The molecule has 0 N–H and O–H groups in total. The number of ketones is 1. The Bertz CT molecular complexity index is 403. The summed E-state index contributed by atoms with van der Waals surface area (Å²) >= 11 is 0. The van der Waals surface area contributed by atoms with Crippen molar-refractivity contribution in [3.8, 4) is 12.3 Å². The van der Waals surface area contributed by atoms with E-state index in [0.717, 1.165) is 25.9 Å². The second kappa shape index (κ2) is 9.35. The van der Waals surface area contributed by atoms with E-state index in [0.29, 0.717) is 18.9 Å². The van der Waals surface area contributed by atoms with Gasteiger partial charge in [0.25, 0.3) is 0 Å². The van der Waals surface area contributed by atoms with Crippen molar-refractivity contribution in [1.29, 1.82) is 0 Å². The highest BCUT2D eigenvalue weighted by Gasteiger charge is 2.04. The number of Topliss-reactive ketones (excluding diaryl/α,β-unsaturated/α-hetero) is 1. The summed E-state index contributed by atoms with van der Waals surface area (Å²) in [5, 5.41) is 0. The maximum atomic E-state index is 10.9. The van der Waals surface area contributed by atoms with Gasteiger partial charge in [-0.15, -0.1) is 6.42 Å². The molecule has 1 aromatic rings. The summed E-state index contributed by atoms with van der Waals surface area (Å²) in [6, 6.07) is 10.2. The number of hydrogen-bond acceptors (Lipinski definition) is 2. The lowest BCUT2D eigenvalue weighted by Crippen LogP contribution is -2.03. The van der Waals surface area contributed by atoms with Crippen LogP contribution >= 0.6 is 0 Å². The Morgan fingerprint density at radius 1 is 1.32 bits per heavy atom. The summed E-state index contributed by atoms with van der Waals surface area (Å²) in [6.07, 6.45) is 8.46. The van der Waals surface area contributed by atoms with Crippen LogP contribution in [0.5, 0.6) is 0 Å². The predicted molar refractivity (Wildman–Crippen MR) is 77.6 cm³/mol. The van der Waals surface area contributed by atoms with E-state index in [1.54, 1.807) is 0 Å². The molecule has 0 aliphatic carbocycles. The first-order valence-corrected chi connectivity index (χ1v) is 6.83. The number of rotatable bonds is 9. The van der Waals surface area contributed by atoms with Crippen molar-refractivity contribution in [3.05, 3.63) is 35.9 Å². The van der Waals surface area contributed by atoms with Crippen LogP contribution in [0.1, 0.15) is 38.2 Å². The number of terminal acetylenes is 1. The fourth-order valence-corrected chi connectivity index (χ4v) is 1.88. The minimum Gasteiger partial charge on any atom is -0.377 e. The fourth-order valence-electron chi connectivity index (χ4n) is 1.88. The molecule has 1 aromatic carbocycles. The van der Waals surface area contributed by atoms with Gasteiger partial charge in [0, 0.05) is 13.0 Å². The zero-order valence-electron chi connectivity index (χ0n) is 11.6. The van der Waals surface area contributed by atoms with Gasteiger partial charge >= 0.3 is 0 Å². The van der Waals surface area contributed by atoms with Gasteiger partial charge in [0.2, 0.25) is 5.78 Å². The number of carbonyl (C=O) groups is 1. The second-order valence-corrected chi connectivity index (χ2v) is 4.89. The van der Waals surface area contributed by atoms with E-state index in [2.05, 4.69) is 25.0 Å². The molecule has 0 saturated heterocycles. The summed E-state index contributed by atoms with van der Waals surface area (Å²) in [6.45, 7) is 3.62. The van der Waals surface area contributed by atoms with Gasteiger partial charge in [-0.3, -0.25) is 4.79 Å². The molecule has 0 saturated carbocycles. The van der Waals surface area contributed by atoms with Gasteiger partial charge in [0.1, 0.15) is 0 Å². The molecular formula is C17H22O2. The van der Waals surface area contributed by atoms with E-state index in [9.17, 15) is 4.79 Å². The molecule has 0 spiro atoms. The summed E-state index contributed by atoms with van der Waals surface area (Å²) in [5.41, 5.74) is 1.20. The monoisotopic (exact) mass is 258 g/mol. The van der Waals surface area contributed by atoms with E-state index in [-0.39, 0.29) is 5.78 Å². The topological polar surface area (TPSA) is 26.3 Å². The second-order valence-electron chi connectivity index (χ2n) is 4.89. The molecule has 0 bridgehead atoms. The molecule has 2 heteroatoms. The zero-order valence-corrected chi connectivity index (χ0v) is 11.6. The third-order valence-corrected chi connectivity index (χ3v) is 3.13. The number of benzene rings is 1. The highest BCUT2D eigenvalue weighted by Crippen LogP contribution is 2.12. The molecule has 0 heterocycles. The van der Waals surface area contributed by atoms with Crippen molar-refractivity contribution < 1.29 is 9.53 Å². The first-order chi connectivity index (χ1) is 9.22. The average Bonchev–Trinajstić information content (AvgIpc) is 2.44. The maximum Gasteiger partial charge on any atom is 0.205 e. The summed E-state index contributed by atoms with van der Waals surface area (Å²) in [5.74, 6) is 2.63. The minimum absolute atomic E-state index is 0.0903. The highest BCUT2D eigenvalue weighted by atomic mass is 16.5. The van der Waals surface area contributed by atoms with Gasteiger partial charge in [-0.05, 0) is 30.2 Å². The molecule has 0 fully saturated rings. The predicted octanol–water partition coefficient (Wildman–Crippen LogP) is 3.60. The van der Waals surface area contributed by atoms with Gasteiger partial charge in [0.05, 0.1) is 6.61 Å². The Morgan fingerprint density at radius 2 is 2.05 bits per heavy atom. The first-order valence-electron chi connectivity index (χ1n) is 6.83. The Labute approximate surface area is 116 Å². The Kier molecular flexibility index (Phi) is 7.62. The first kappa shape index (κ1) is 15.5. The van der Waals surface area contributed by atoms with E-state index in [4.69, 9.17) is 11.2 Å². The van der Waals surface area contributed by atoms with E-state index in [1.165, 1.54) is 5.56 Å². The maximum absolute atomic E-state index is 10.9. The van der Waals surface area contributed by atoms with Crippen molar-refractivity contribution in [1.82, 2.24) is 0 Å². The third kappa shape index (κ3) is 7.43. The fraction of sp³-hybridized carbons (Fsp3) is 0.471. The molecule has 102 valence electrons. The van der Waals surface area contributed by atoms with Gasteiger partial charge in [-0.2, -0.15) is 0 Å². The van der Waals surface area contributed by atoms with Crippen LogP contribution in [-0.2, 0) is 16.1 Å². The van der Waals surface area contributed by atoms with Crippen LogP contribution in [0.15, 0.2) is 30.3 Å². The lowest BCUT2D eigenvalue weighted by Gasteiger charge is -2.11. The molecule has 0 aliphatic rings. The normalized spacial score (nSPS) is 11.8. The Balaban J connectivity index is 2.03. The van der Waals surface area contributed by atoms with Crippen LogP contribution in [0, 0.1) is 18.3 Å². The molecule has 0 amide bonds. The summed E-state index contributed by atoms with van der Waals surface area (Å²) in [4.78, 5) is 10.9. The molecule has 0 unspecified atom stereocenters. The molecular weight excluding hydrogens is 236 g/mol. The largest absolute Gasteiger partial charge is 0.377 e. The number of ether oxygens (including phenoxy) is 1. The Morgan fingerprint density at radius 3 is 2.74 bits per heavy atom. The quantitative estimate of drug-likeness (QED) is 0.384. The highest BCUT2D eigenvalue weighted by molar-refractivity contribution is 5.94. The van der Waals surface area contributed by atoms with Gasteiger partial charge in [0.15, 0.2) is 0 Å². The van der Waals surface area contributed by atoms with E-state index in [1.807, 2.05) is 18.2 Å². The van der Waals surface area contributed by atoms with Crippen LogP contribution in [0.25, 0.3) is 0 Å². The number of hydrogen-bond donors (Lipinski definition) is 0. The molecule has 19 heavy (non-hydrogen) atoms. The van der Waals surface area contributed by atoms with Gasteiger partial charge in [-0.1, -0.05) is 43.7 Å². The van der Waals surface area contributed by atoms with E-state index >= 15 is 0 Å². The van der Waals surface area contributed by atoms with Crippen LogP contribution in [0.3, 0.4) is 0 Å². The third-order valence-electron chi connectivity index (χ3n) is 3.13. The molecule has 1 rings (SSSR count). The molecule has 1 atom stereocenters. The zero-order chi connectivity index (χ0) is 13.9. The minimum atomic E-state index is -0.0903. The van der Waals surface area contributed by atoms with Crippen molar-refractivity contribution in [3.63, 3.8) is 0 Å². The summed E-state index contributed by atoms with van der Waals surface area (Å²) in [7, 11) is 0. The standard InChI is InChI=1S/C17H22O2/c1-3-17(18)11-7-8-15(2)12-13-19-14-16-9-5-4-6-10-16/h1,4-6,9-10,15H,7-8,11-14H2,2H3/t15-/m1/s1.